The number of amides is 2. The van der Waals surface area contributed by atoms with Crippen LogP contribution in [0.4, 0.5) is 5.69 Å². The van der Waals surface area contributed by atoms with Crippen molar-refractivity contribution in [3.8, 4) is 0 Å². The Labute approximate surface area is 157 Å². The zero-order valence-corrected chi connectivity index (χ0v) is 15.4. The monoisotopic (exact) mass is 375 g/mol. The first-order valence-corrected chi connectivity index (χ1v) is 8.95. The number of carbonyl (C=O) groups excluding carboxylic acids is 2. The summed E-state index contributed by atoms with van der Waals surface area (Å²) in [4.78, 5) is 32.6. The highest BCUT2D eigenvalue weighted by Crippen LogP contribution is 2.20. The minimum atomic E-state index is -0.271. The van der Waals surface area contributed by atoms with Crippen molar-refractivity contribution in [2.24, 2.45) is 0 Å². The summed E-state index contributed by atoms with van der Waals surface area (Å²) in [6.45, 7) is 4.70. The van der Waals surface area contributed by atoms with Gasteiger partial charge >= 0.3 is 0 Å². The van der Waals surface area contributed by atoms with Crippen LogP contribution in [-0.2, 0) is 9.59 Å². The molecule has 2 aromatic rings. The van der Waals surface area contributed by atoms with Crippen molar-refractivity contribution in [1.82, 2.24) is 19.4 Å². The van der Waals surface area contributed by atoms with E-state index in [1.165, 1.54) is 0 Å². The molecule has 1 aromatic heterocycles. The van der Waals surface area contributed by atoms with Gasteiger partial charge in [-0.3, -0.25) is 14.5 Å². The van der Waals surface area contributed by atoms with Crippen molar-refractivity contribution in [2.75, 3.05) is 38.0 Å². The Hall–Kier alpha value is -2.38. The average molecular weight is 376 g/mol. The fraction of sp³-hybridized carbons (Fsp3) is 0.389. The number of halogens is 1. The number of nitrogens with zero attached hydrogens (tertiary/aromatic N) is 4. The van der Waals surface area contributed by atoms with Gasteiger partial charge in [0.2, 0.25) is 11.8 Å². The first-order chi connectivity index (χ1) is 12.5. The molecule has 1 aromatic carbocycles. The summed E-state index contributed by atoms with van der Waals surface area (Å²) in [6.07, 6.45) is 5.11. The second kappa shape index (κ2) is 8.33. The largest absolute Gasteiger partial charge is 0.338 e. The van der Waals surface area contributed by atoms with Crippen LogP contribution in [0.1, 0.15) is 13.0 Å². The molecular formula is C18H22ClN5O2. The number of benzene rings is 1. The quantitative estimate of drug-likeness (QED) is 0.866. The van der Waals surface area contributed by atoms with E-state index in [1.807, 2.05) is 28.9 Å². The molecule has 2 amide bonds. The molecule has 1 aliphatic rings. The van der Waals surface area contributed by atoms with Gasteiger partial charge in [0.05, 0.1) is 23.6 Å². The lowest BCUT2D eigenvalue weighted by molar-refractivity contribution is -0.136. The number of rotatable bonds is 5. The van der Waals surface area contributed by atoms with Gasteiger partial charge in [0.25, 0.3) is 0 Å². The maximum Gasteiger partial charge on any atom is 0.245 e. The number of nitrogens with one attached hydrogen (secondary N) is 1. The number of aromatic nitrogens is 2. The molecule has 0 radical (unpaired) electrons. The Morgan fingerprint density at radius 3 is 2.62 bits per heavy atom. The molecule has 0 bridgehead atoms. The van der Waals surface area contributed by atoms with E-state index in [-0.39, 0.29) is 24.4 Å². The summed E-state index contributed by atoms with van der Waals surface area (Å²) >= 11 is 6.06. The Balaban J connectivity index is 1.47. The molecule has 138 valence electrons. The number of anilines is 1. The van der Waals surface area contributed by atoms with Gasteiger partial charge in [-0.1, -0.05) is 23.7 Å². The highest BCUT2D eigenvalue weighted by molar-refractivity contribution is 6.33. The molecule has 1 N–H and O–H groups in total. The summed E-state index contributed by atoms with van der Waals surface area (Å²) in [5.41, 5.74) is 0.613. The summed E-state index contributed by atoms with van der Waals surface area (Å²) in [5, 5.41) is 3.34. The Kier molecular flexibility index (Phi) is 5.90. The van der Waals surface area contributed by atoms with Crippen LogP contribution in [-0.4, -0.2) is 63.9 Å². The predicted octanol–water partition coefficient (Wildman–Crippen LogP) is 1.88. The van der Waals surface area contributed by atoms with Gasteiger partial charge in [-0.25, -0.2) is 4.98 Å². The van der Waals surface area contributed by atoms with Crippen LogP contribution in [0.2, 0.25) is 5.02 Å². The summed E-state index contributed by atoms with van der Waals surface area (Å²) in [7, 11) is 0. The fourth-order valence-electron chi connectivity index (χ4n) is 2.97. The van der Waals surface area contributed by atoms with Crippen molar-refractivity contribution < 1.29 is 9.59 Å². The zero-order valence-electron chi connectivity index (χ0n) is 14.6. The van der Waals surface area contributed by atoms with Crippen LogP contribution < -0.4 is 5.32 Å². The maximum atomic E-state index is 12.6. The second-order valence-electron chi connectivity index (χ2n) is 6.32. The van der Waals surface area contributed by atoms with Gasteiger partial charge in [0, 0.05) is 38.6 Å². The minimum absolute atomic E-state index is 0.0724. The van der Waals surface area contributed by atoms with Gasteiger partial charge in [-0.05, 0) is 19.1 Å². The van der Waals surface area contributed by atoms with E-state index >= 15 is 0 Å². The maximum absolute atomic E-state index is 12.6. The third-order valence-corrected chi connectivity index (χ3v) is 4.86. The molecule has 1 fully saturated rings. The van der Waals surface area contributed by atoms with Crippen LogP contribution in [0.15, 0.2) is 43.0 Å². The summed E-state index contributed by atoms with van der Waals surface area (Å²) < 4.78 is 1.80. The number of hydrogen-bond acceptors (Lipinski definition) is 4. The molecule has 2 heterocycles. The molecule has 1 atom stereocenters. The minimum Gasteiger partial charge on any atom is -0.338 e. The Morgan fingerprint density at radius 1 is 1.23 bits per heavy atom. The van der Waals surface area contributed by atoms with Crippen LogP contribution in [0.25, 0.3) is 0 Å². The van der Waals surface area contributed by atoms with E-state index < -0.39 is 0 Å². The lowest BCUT2D eigenvalue weighted by Gasteiger charge is -2.35. The van der Waals surface area contributed by atoms with E-state index in [9.17, 15) is 9.59 Å². The number of hydrogen-bond donors (Lipinski definition) is 1. The molecule has 0 aliphatic carbocycles. The normalized spacial score (nSPS) is 16.3. The van der Waals surface area contributed by atoms with E-state index in [4.69, 9.17) is 11.6 Å². The van der Waals surface area contributed by atoms with Crippen LogP contribution >= 0.6 is 11.6 Å². The highest BCUT2D eigenvalue weighted by atomic mass is 35.5. The van der Waals surface area contributed by atoms with Gasteiger partial charge in [0.15, 0.2) is 0 Å². The SMILES string of the molecule is CC(C(=O)N1CCN(CC(=O)Nc2ccccc2Cl)CC1)n1ccnc1. The second-order valence-corrected chi connectivity index (χ2v) is 6.72. The van der Waals surface area contributed by atoms with Gasteiger partial charge < -0.3 is 14.8 Å². The third-order valence-electron chi connectivity index (χ3n) is 4.53. The first kappa shape index (κ1) is 18.4. The van der Waals surface area contributed by atoms with Crippen molar-refractivity contribution in [3.05, 3.63) is 48.0 Å². The number of imidazole rings is 1. The number of para-hydroxylation sites is 1. The zero-order chi connectivity index (χ0) is 18.5. The molecule has 1 aliphatic heterocycles. The van der Waals surface area contributed by atoms with E-state index in [2.05, 4.69) is 10.3 Å². The van der Waals surface area contributed by atoms with E-state index in [0.29, 0.717) is 36.9 Å². The lowest BCUT2D eigenvalue weighted by Crippen LogP contribution is -2.51. The van der Waals surface area contributed by atoms with Crippen LogP contribution in [0, 0.1) is 0 Å². The Bertz CT molecular complexity index is 757. The number of carbonyl (C=O) groups is 2. The smallest absolute Gasteiger partial charge is 0.245 e. The molecule has 1 unspecified atom stereocenters. The lowest BCUT2D eigenvalue weighted by atomic mass is 10.2. The summed E-state index contributed by atoms with van der Waals surface area (Å²) in [5.74, 6) is -0.0344. The van der Waals surface area contributed by atoms with Gasteiger partial charge in [0.1, 0.15) is 6.04 Å². The molecule has 8 heteroatoms. The molecule has 1 saturated heterocycles. The first-order valence-electron chi connectivity index (χ1n) is 8.57. The van der Waals surface area contributed by atoms with Crippen molar-refractivity contribution >= 4 is 29.1 Å². The van der Waals surface area contributed by atoms with E-state index in [1.54, 1.807) is 35.4 Å². The molecule has 7 nitrogen and oxygen atoms in total. The van der Waals surface area contributed by atoms with Crippen molar-refractivity contribution in [2.45, 2.75) is 13.0 Å². The highest BCUT2D eigenvalue weighted by Gasteiger charge is 2.26. The van der Waals surface area contributed by atoms with Gasteiger partial charge in [-0.2, -0.15) is 0 Å². The predicted molar refractivity (Wildman–Crippen MR) is 100 cm³/mol. The topological polar surface area (TPSA) is 70.5 Å². The molecule has 26 heavy (non-hydrogen) atoms. The third kappa shape index (κ3) is 4.42. The van der Waals surface area contributed by atoms with Crippen LogP contribution in [0.5, 0.6) is 0 Å². The van der Waals surface area contributed by atoms with Gasteiger partial charge in [-0.15, -0.1) is 0 Å². The fourth-order valence-corrected chi connectivity index (χ4v) is 3.16. The molecule has 0 spiro atoms. The van der Waals surface area contributed by atoms with Crippen molar-refractivity contribution in [3.63, 3.8) is 0 Å². The summed E-state index contributed by atoms with van der Waals surface area (Å²) in [6, 6.07) is 6.89. The van der Waals surface area contributed by atoms with E-state index in [0.717, 1.165) is 0 Å². The standard InChI is InChI=1S/C18H22ClN5O2/c1-14(24-7-6-20-13-24)18(26)23-10-8-22(9-11-23)12-17(25)21-16-5-3-2-4-15(16)19/h2-7,13-14H,8-12H2,1H3,(H,21,25). The average Bonchev–Trinajstić information content (AvgIpc) is 3.18. The molecule has 0 saturated carbocycles. The molecule has 3 rings (SSSR count). The number of piperazine rings is 1. The van der Waals surface area contributed by atoms with Crippen LogP contribution in [0.3, 0.4) is 0 Å². The molecular weight excluding hydrogens is 354 g/mol. The Morgan fingerprint density at radius 2 is 1.96 bits per heavy atom. The van der Waals surface area contributed by atoms with Crippen molar-refractivity contribution in [1.29, 1.82) is 0 Å².